The molecule has 184 valence electrons. The molecule has 2 heterocycles. The lowest BCUT2D eigenvalue weighted by Crippen LogP contribution is -2.42. The van der Waals surface area contributed by atoms with E-state index in [0.29, 0.717) is 23.3 Å². The largest absolute Gasteiger partial charge is 0.356 e. The van der Waals surface area contributed by atoms with Crippen LogP contribution in [0.4, 0.5) is 4.39 Å². The summed E-state index contributed by atoms with van der Waals surface area (Å²) in [5, 5.41) is 8.37. The number of nitrogens with zero attached hydrogens (tertiary/aromatic N) is 2. The molecule has 3 aromatic rings. The molecule has 6 heteroatoms. The second-order valence-electron chi connectivity index (χ2n) is 10.1. The average molecular weight is 476 g/mol. The molecule has 1 saturated heterocycles. The molecule has 0 spiro atoms. The van der Waals surface area contributed by atoms with Gasteiger partial charge in [-0.2, -0.15) is 0 Å². The van der Waals surface area contributed by atoms with E-state index in [2.05, 4.69) is 15.4 Å². The summed E-state index contributed by atoms with van der Waals surface area (Å²) in [5.41, 5.74) is 2.54. The zero-order valence-corrected chi connectivity index (χ0v) is 20.2. The maximum Gasteiger partial charge on any atom is 0.244 e. The maximum absolute atomic E-state index is 13.5. The number of carbonyl (C=O) groups is 1. The van der Waals surface area contributed by atoms with Crippen molar-refractivity contribution >= 4 is 23.0 Å². The second-order valence-corrected chi connectivity index (χ2v) is 10.1. The first kappa shape index (κ1) is 23.7. The average Bonchev–Trinajstić information content (AvgIpc) is 3.31. The van der Waals surface area contributed by atoms with E-state index in [-0.39, 0.29) is 11.7 Å². The summed E-state index contributed by atoms with van der Waals surface area (Å²) >= 11 is 0. The molecule has 5 nitrogen and oxygen atoms in total. The van der Waals surface area contributed by atoms with E-state index in [4.69, 9.17) is 4.52 Å². The van der Waals surface area contributed by atoms with Gasteiger partial charge in [-0.25, -0.2) is 4.39 Å². The number of hydrogen-bond acceptors (Lipinski definition) is 4. The molecule has 0 radical (unpaired) electrons. The first-order chi connectivity index (χ1) is 17.2. The molecule has 2 aliphatic rings. The zero-order chi connectivity index (χ0) is 24.0. The smallest absolute Gasteiger partial charge is 0.244 e. The van der Waals surface area contributed by atoms with Crippen molar-refractivity contribution in [3.8, 4) is 0 Å². The highest BCUT2D eigenvalue weighted by molar-refractivity contribution is 5.91. The zero-order valence-electron chi connectivity index (χ0n) is 20.2. The van der Waals surface area contributed by atoms with E-state index in [1.807, 2.05) is 36.4 Å². The Morgan fingerprint density at radius 2 is 1.83 bits per heavy atom. The lowest BCUT2D eigenvalue weighted by Gasteiger charge is -2.38. The highest BCUT2D eigenvalue weighted by Gasteiger charge is 2.30. The quantitative estimate of drug-likeness (QED) is 0.440. The number of piperidine rings is 1. The molecule has 1 amide bonds. The van der Waals surface area contributed by atoms with Crippen LogP contribution in [0.3, 0.4) is 0 Å². The minimum atomic E-state index is -0.291. The molecule has 2 atom stereocenters. The fourth-order valence-corrected chi connectivity index (χ4v) is 5.77. The molecule has 2 aromatic carbocycles. The first-order valence-corrected chi connectivity index (χ1v) is 12.9. The monoisotopic (exact) mass is 475 g/mol. The molecule has 35 heavy (non-hydrogen) atoms. The van der Waals surface area contributed by atoms with Crippen molar-refractivity contribution in [2.45, 2.75) is 44.4 Å². The highest BCUT2D eigenvalue weighted by Crippen LogP contribution is 2.35. The number of amides is 1. The predicted octanol–water partition coefficient (Wildman–Crippen LogP) is 5.78. The van der Waals surface area contributed by atoms with Crippen LogP contribution in [0.1, 0.15) is 55.7 Å². The van der Waals surface area contributed by atoms with Gasteiger partial charge < -0.3 is 14.7 Å². The molecule has 1 saturated carbocycles. The van der Waals surface area contributed by atoms with Crippen molar-refractivity contribution in [2.24, 2.45) is 11.8 Å². The predicted molar refractivity (Wildman–Crippen MR) is 136 cm³/mol. The topological polar surface area (TPSA) is 58.4 Å². The molecule has 1 N–H and O–H groups in total. The van der Waals surface area contributed by atoms with Crippen molar-refractivity contribution in [3.05, 3.63) is 71.7 Å². The van der Waals surface area contributed by atoms with Crippen LogP contribution in [0, 0.1) is 17.7 Å². The van der Waals surface area contributed by atoms with E-state index in [1.54, 1.807) is 12.1 Å². The van der Waals surface area contributed by atoms with Crippen LogP contribution in [0.25, 0.3) is 17.0 Å². The number of likely N-dealkylation sites (tertiary alicyclic amines) is 1. The molecule has 0 unspecified atom stereocenters. The van der Waals surface area contributed by atoms with Gasteiger partial charge in [-0.1, -0.05) is 48.3 Å². The van der Waals surface area contributed by atoms with Crippen LogP contribution in [0.2, 0.25) is 0 Å². The molecule has 1 aromatic heterocycles. The van der Waals surface area contributed by atoms with Crippen molar-refractivity contribution in [1.82, 2.24) is 15.4 Å². The number of nitrogens with one attached hydrogen (secondary N) is 1. The van der Waals surface area contributed by atoms with Gasteiger partial charge in [0.25, 0.3) is 0 Å². The highest BCUT2D eigenvalue weighted by atomic mass is 19.1. The van der Waals surface area contributed by atoms with Gasteiger partial charge in [-0.05, 0) is 74.4 Å². The van der Waals surface area contributed by atoms with Crippen LogP contribution in [-0.2, 0) is 4.79 Å². The van der Waals surface area contributed by atoms with Crippen molar-refractivity contribution in [3.63, 3.8) is 0 Å². The lowest BCUT2D eigenvalue weighted by molar-refractivity contribution is -0.116. The SMILES string of the molecule is O=C(/C=C/c1ccccc1)NC[C@@H]1CCCC[C@H]1CN1CCC(c2noc3cc(F)ccc23)CC1. The number of fused-ring (bicyclic) bond motifs is 1. The van der Waals surface area contributed by atoms with Gasteiger partial charge in [0.2, 0.25) is 5.91 Å². The normalized spacial score (nSPS) is 22.1. The van der Waals surface area contributed by atoms with E-state index in [9.17, 15) is 9.18 Å². The lowest BCUT2D eigenvalue weighted by atomic mass is 9.78. The van der Waals surface area contributed by atoms with Crippen LogP contribution >= 0.6 is 0 Å². The van der Waals surface area contributed by atoms with Gasteiger partial charge >= 0.3 is 0 Å². The van der Waals surface area contributed by atoms with Crippen LogP contribution in [0.5, 0.6) is 0 Å². The second kappa shape index (κ2) is 11.2. The number of benzene rings is 2. The summed E-state index contributed by atoms with van der Waals surface area (Å²) in [6.07, 6.45) is 10.5. The molecular weight excluding hydrogens is 441 g/mol. The Balaban J connectivity index is 1.11. The number of rotatable bonds is 7. The Morgan fingerprint density at radius 3 is 2.63 bits per heavy atom. The molecule has 2 fully saturated rings. The summed E-state index contributed by atoms with van der Waals surface area (Å²) in [5.74, 6) is 1.20. The van der Waals surface area contributed by atoms with Crippen molar-refractivity contribution < 1.29 is 13.7 Å². The fourth-order valence-electron chi connectivity index (χ4n) is 5.77. The standard InChI is InChI=1S/C29H34FN3O2/c30-25-11-12-26-27(18-25)35-32-29(26)22-14-16-33(17-15-22)20-24-9-5-4-8-23(24)19-31-28(34)13-10-21-6-2-1-3-7-21/h1-3,6-7,10-13,18,22-24H,4-5,8-9,14-17,19-20H2,(H,31,34)/b13-10+/t23-,24-/m0/s1. The molecule has 1 aliphatic heterocycles. The van der Waals surface area contributed by atoms with E-state index < -0.39 is 0 Å². The van der Waals surface area contributed by atoms with Crippen LogP contribution in [-0.4, -0.2) is 42.1 Å². The molecule has 1 aliphatic carbocycles. The Bertz CT molecular complexity index is 1150. The van der Waals surface area contributed by atoms with Crippen LogP contribution in [0.15, 0.2) is 59.1 Å². The van der Waals surface area contributed by atoms with E-state index in [1.165, 1.54) is 37.8 Å². The molecular formula is C29H34FN3O2. The van der Waals surface area contributed by atoms with Crippen molar-refractivity contribution in [1.29, 1.82) is 0 Å². The van der Waals surface area contributed by atoms with Crippen molar-refractivity contribution in [2.75, 3.05) is 26.2 Å². The van der Waals surface area contributed by atoms with Gasteiger partial charge in [0.1, 0.15) is 5.82 Å². The van der Waals surface area contributed by atoms with Gasteiger partial charge in [-0.3, -0.25) is 4.79 Å². The van der Waals surface area contributed by atoms with Gasteiger partial charge in [-0.15, -0.1) is 0 Å². The number of aromatic nitrogens is 1. The number of carbonyl (C=O) groups excluding carboxylic acids is 1. The minimum absolute atomic E-state index is 0.0151. The summed E-state index contributed by atoms with van der Waals surface area (Å²) in [6.45, 7) is 3.92. The molecule has 0 bridgehead atoms. The number of halogens is 1. The summed E-state index contributed by atoms with van der Waals surface area (Å²) in [4.78, 5) is 15.0. The maximum atomic E-state index is 13.5. The van der Waals surface area contributed by atoms with Gasteiger partial charge in [0.05, 0.1) is 5.69 Å². The Hall–Kier alpha value is -2.99. The Kier molecular flexibility index (Phi) is 7.57. The summed E-state index contributed by atoms with van der Waals surface area (Å²) in [6, 6.07) is 14.6. The Morgan fingerprint density at radius 1 is 1.06 bits per heavy atom. The summed E-state index contributed by atoms with van der Waals surface area (Å²) < 4.78 is 18.9. The summed E-state index contributed by atoms with van der Waals surface area (Å²) in [7, 11) is 0. The first-order valence-electron chi connectivity index (χ1n) is 12.9. The number of hydrogen-bond donors (Lipinski definition) is 1. The van der Waals surface area contributed by atoms with E-state index >= 15 is 0 Å². The third-order valence-electron chi connectivity index (χ3n) is 7.76. The van der Waals surface area contributed by atoms with Crippen LogP contribution < -0.4 is 5.32 Å². The van der Waals surface area contributed by atoms with Gasteiger partial charge in [0.15, 0.2) is 5.58 Å². The fraction of sp³-hybridized carbons (Fsp3) is 0.448. The Labute approximate surface area is 206 Å². The molecule has 5 rings (SSSR count). The minimum Gasteiger partial charge on any atom is -0.356 e. The third kappa shape index (κ3) is 5.99. The van der Waals surface area contributed by atoms with E-state index in [0.717, 1.165) is 55.7 Å². The third-order valence-corrected chi connectivity index (χ3v) is 7.76. The van der Waals surface area contributed by atoms with Gasteiger partial charge in [0, 0.05) is 36.5 Å².